The molecule has 6 nitrogen and oxygen atoms in total. The Labute approximate surface area is 159 Å². The first kappa shape index (κ1) is 18.7. The maximum atomic E-state index is 5.35. The minimum atomic E-state index is 0. The van der Waals surface area contributed by atoms with Gasteiger partial charge in [-0.25, -0.2) is 0 Å². The lowest BCUT2D eigenvalue weighted by molar-refractivity contribution is 0.422. The standard InChI is InChI=1S/C17H23N5O.HI/c1-3-5-15-21-16(23-22-15)13-7-4-6-12(10-13)11-19-17(18-2)20-14-8-9-14;/h4,6-7,10,14H,3,5,8-9,11H2,1-2H3,(H2,18,19,20);1H. The van der Waals surface area contributed by atoms with E-state index in [0.717, 1.165) is 35.8 Å². The summed E-state index contributed by atoms with van der Waals surface area (Å²) in [5.74, 6) is 2.19. The lowest BCUT2D eigenvalue weighted by Gasteiger charge is -2.11. The van der Waals surface area contributed by atoms with Crippen LogP contribution in [0.25, 0.3) is 11.5 Å². The summed E-state index contributed by atoms with van der Waals surface area (Å²) in [5, 5.41) is 10.7. The first-order chi connectivity index (χ1) is 11.3. The van der Waals surface area contributed by atoms with E-state index < -0.39 is 0 Å². The molecule has 1 aromatic carbocycles. The average molecular weight is 441 g/mol. The fourth-order valence-electron chi connectivity index (χ4n) is 2.31. The summed E-state index contributed by atoms with van der Waals surface area (Å²) in [5.41, 5.74) is 2.10. The van der Waals surface area contributed by atoms with Gasteiger partial charge in [-0.05, 0) is 37.0 Å². The Morgan fingerprint density at radius 2 is 2.21 bits per heavy atom. The Kier molecular flexibility index (Phi) is 7.01. The molecule has 1 heterocycles. The normalized spacial score (nSPS) is 14.2. The number of guanidine groups is 1. The van der Waals surface area contributed by atoms with Gasteiger partial charge in [0.15, 0.2) is 11.8 Å². The van der Waals surface area contributed by atoms with E-state index in [1.165, 1.54) is 12.8 Å². The maximum absolute atomic E-state index is 5.35. The van der Waals surface area contributed by atoms with Gasteiger partial charge < -0.3 is 15.2 Å². The highest BCUT2D eigenvalue weighted by Gasteiger charge is 2.22. The number of nitrogens with one attached hydrogen (secondary N) is 2. The summed E-state index contributed by atoms with van der Waals surface area (Å²) in [4.78, 5) is 8.68. The van der Waals surface area contributed by atoms with Gasteiger partial charge in [0.25, 0.3) is 5.89 Å². The Hall–Kier alpha value is -1.64. The van der Waals surface area contributed by atoms with Crippen LogP contribution < -0.4 is 10.6 Å². The number of aryl methyl sites for hydroxylation is 1. The van der Waals surface area contributed by atoms with E-state index in [2.05, 4.69) is 44.8 Å². The molecule has 1 aromatic heterocycles. The molecular weight excluding hydrogens is 417 g/mol. The molecule has 0 aliphatic heterocycles. The van der Waals surface area contributed by atoms with Crippen molar-refractivity contribution in [3.05, 3.63) is 35.7 Å². The number of rotatable bonds is 6. The molecule has 0 bridgehead atoms. The SMILES string of the molecule is CCCc1noc(-c2cccc(CNC(=NC)NC3CC3)c2)n1.I. The quantitative estimate of drug-likeness (QED) is 0.410. The van der Waals surface area contributed by atoms with E-state index in [9.17, 15) is 0 Å². The lowest BCUT2D eigenvalue weighted by Crippen LogP contribution is -2.38. The van der Waals surface area contributed by atoms with Crippen molar-refractivity contribution in [1.82, 2.24) is 20.8 Å². The monoisotopic (exact) mass is 441 g/mol. The zero-order chi connectivity index (χ0) is 16.1. The number of hydrogen-bond acceptors (Lipinski definition) is 4. The summed E-state index contributed by atoms with van der Waals surface area (Å²) in [6.07, 6.45) is 4.31. The van der Waals surface area contributed by atoms with Gasteiger partial charge in [-0.2, -0.15) is 4.98 Å². The highest BCUT2D eigenvalue weighted by Crippen LogP contribution is 2.20. The smallest absolute Gasteiger partial charge is 0.257 e. The molecule has 24 heavy (non-hydrogen) atoms. The fourth-order valence-corrected chi connectivity index (χ4v) is 2.31. The molecule has 0 radical (unpaired) electrons. The van der Waals surface area contributed by atoms with Gasteiger partial charge in [0.2, 0.25) is 0 Å². The van der Waals surface area contributed by atoms with Gasteiger partial charge in [-0.15, -0.1) is 24.0 Å². The fraction of sp³-hybridized carbons (Fsp3) is 0.471. The van der Waals surface area contributed by atoms with Crippen molar-refractivity contribution >= 4 is 29.9 Å². The second-order valence-electron chi connectivity index (χ2n) is 5.81. The van der Waals surface area contributed by atoms with Crippen LogP contribution >= 0.6 is 24.0 Å². The second kappa shape index (κ2) is 9.00. The number of benzene rings is 1. The van der Waals surface area contributed by atoms with Crippen LogP contribution in [0.15, 0.2) is 33.8 Å². The maximum Gasteiger partial charge on any atom is 0.257 e. The molecule has 0 atom stereocenters. The van der Waals surface area contributed by atoms with Crippen LogP contribution in [-0.4, -0.2) is 29.2 Å². The van der Waals surface area contributed by atoms with E-state index in [-0.39, 0.29) is 24.0 Å². The summed E-state index contributed by atoms with van der Waals surface area (Å²) in [7, 11) is 1.79. The third-order valence-electron chi connectivity index (χ3n) is 3.72. The van der Waals surface area contributed by atoms with Gasteiger partial charge in [0, 0.05) is 31.6 Å². The molecule has 0 unspecified atom stereocenters. The molecule has 130 valence electrons. The molecule has 2 N–H and O–H groups in total. The summed E-state index contributed by atoms with van der Waals surface area (Å²) in [6, 6.07) is 8.73. The van der Waals surface area contributed by atoms with Crippen molar-refractivity contribution in [2.24, 2.45) is 4.99 Å². The van der Waals surface area contributed by atoms with Crippen molar-refractivity contribution in [3.63, 3.8) is 0 Å². The van der Waals surface area contributed by atoms with Crippen LogP contribution in [-0.2, 0) is 13.0 Å². The molecule has 0 saturated heterocycles. The van der Waals surface area contributed by atoms with Gasteiger partial charge >= 0.3 is 0 Å². The summed E-state index contributed by atoms with van der Waals surface area (Å²) >= 11 is 0. The van der Waals surface area contributed by atoms with Gasteiger partial charge in [-0.1, -0.05) is 24.2 Å². The van der Waals surface area contributed by atoms with Crippen LogP contribution in [0.5, 0.6) is 0 Å². The molecular formula is C17H24IN5O. The third-order valence-corrected chi connectivity index (χ3v) is 3.72. The Bertz CT molecular complexity index is 681. The van der Waals surface area contributed by atoms with Crippen LogP contribution in [0.3, 0.4) is 0 Å². The van der Waals surface area contributed by atoms with Crippen LogP contribution in [0.4, 0.5) is 0 Å². The van der Waals surface area contributed by atoms with Crippen LogP contribution in [0, 0.1) is 0 Å². The zero-order valence-electron chi connectivity index (χ0n) is 14.1. The summed E-state index contributed by atoms with van der Waals surface area (Å²) < 4.78 is 5.35. The Morgan fingerprint density at radius 1 is 1.38 bits per heavy atom. The number of aromatic nitrogens is 2. The molecule has 1 aliphatic carbocycles. The van der Waals surface area contributed by atoms with Crippen LogP contribution in [0.1, 0.15) is 37.6 Å². The molecule has 1 aliphatic rings. The first-order valence-corrected chi connectivity index (χ1v) is 8.17. The Morgan fingerprint density at radius 3 is 2.92 bits per heavy atom. The molecule has 2 aromatic rings. The van der Waals surface area contributed by atoms with Crippen molar-refractivity contribution in [2.45, 2.75) is 45.2 Å². The van der Waals surface area contributed by atoms with E-state index >= 15 is 0 Å². The van der Waals surface area contributed by atoms with Gasteiger partial charge in [-0.3, -0.25) is 4.99 Å². The number of halogens is 1. The number of aliphatic imine (C=N–C) groups is 1. The van der Waals surface area contributed by atoms with Crippen molar-refractivity contribution in [2.75, 3.05) is 7.05 Å². The van der Waals surface area contributed by atoms with E-state index in [1.54, 1.807) is 7.05 Å². The van der Waals surface area contributed by atoms with E-state index in [4.69, 9.17) is 4.52 Å². The minimum Gasteiger partial charge on any atom is -0.354 e. The molecule has 7 heteroatoms. The van der Waals surface area contributed by atoms with E-state index in [1.807, 2.05) is 12.1 Å². The van der Waals surface area contributed by atoms with Crippen LogP contribution in [0.2, 0.25) is 0 Å². The topological polar surface area (TPSA) is 75.3 Å². The highest BCUT2D eigenvalue weighted by atomic mass is 127. The number of hydrogen-bond donors (Lipinski definition) is 2. The molecule has 1 saturated carbocycles. The molecule has 0 amide bonds. The van der Waals surface area contributed by atoms with E-state index in [0.29, 0.717) is 18.5 Å². The van der Waals surface area contributed by atoms with Gasteiger partial charge in [0.05, 0.1) is 0 Å². The summed E-state index contributed by atoms with van der Waals surface area (Å²) in [6.45, 7) is 2.81. The largest absolute Gasteiger partial charge is 0.354 e. The Balaban J connectivity index is 0.00000208. The molecule has 3 rings (SSSR count). The number of nitrogens with zero attached hydrogens (tertiary/aromatic N) is 3. The minimum absolute atomic E-state index is 0. The zero-order valence-corrected chi connectivity index (χ0v) is 16.4. The van der Waals surface area contributed by atoms with Crippen molar-refractivity contribution in [3.8, 4) is 11.5 Å². The first-order valence-electron chi connectivity index (χ1n) is 8.17. The van der Waals surface area contributed by atoms with Gasteiger partial charge in [0.1, 0.15) is 0 Å². The average Bonchev–Trinajstić information content (AvgIpc) is 3.28. The lowest BCUT2D eigenvalue weighted by atomic mass is 10.1. The molecule has 1 fully saturated rings. The predicted octanol–water partition coefficient (Wildman–Crippen LogP) is 3.13. The predicted molar refractivity (Wildman–Crippen MR) is 106 cm³/mol. The second-order valence-corrected chi connectivity index (χ2v) is 5.81. The van der Waals surface area contributed by atoms with Crippen molar-refractivity contribution < 1.29 is 4.52 Å². The van der Waals surface area contributed by atoms with Crippen molar-refractivity contribution in [1.29, 1.82) is 0 Å². The highest BCUT2D eigenvalue weighted by molar-refractivity contribution is 14.0. The third kappa shape index (κ3) is 5.19. The molecule has 0 spiro atoms.